The van der Waals surface area contributed by atoms with Crippen LogP contribution >= 0.6 is 0 Å². The number of nitrogens with one attached hydrogen (secondary N) is 1. The first kappa shape index (κ1) is 25.0. The van der Waals surface area contributed by atoms with E-state index < -0.39 is 28.6 Å². The molecule has 2 aromatic rings. The van der Waals surface area contributed by atoms with Crippen molar-refractivity contribution in [3.8, 4) is 16.9 Å². The number of aromatic hydroxyl groups is 1. The normalized spacial score (nSPS) is 13.9. The number of hydrogen-bond acceptors (Lipinski definition) is 4. The van der Waals surface area contributed by atoms with Gasteiger partial charge >= 0.3 is 12.3 Å². The van der Waals surface area contributed by atoms with Gasteiger partial charge in [0.2, 0.25) is 0 Å². The number of aryl methyl sites for hydroxylation is 1. The summed E-state index contributed by atoms with van der Waals surface area (Å²) in [5.74, 6) is -0.566. The number of amides is 1. The fourth-order valence-corrected chi connectivity index (χ4v) is 3.03. The molecule has 9 heteroatoms. The van der Waals surface area contributed by atoms with Crippen LogP contribution in [-0.4, -0.2) is 39.8 Å². The van der Waals surface area contributed by atoms with Crippen LogP contribution in [0.4, 0.5) is 18.0 Å². The summed E-state index contributed by atoms with van der Waals surface area (Å²) in [5, 5.41) is 9.76. The van der Waals surface area contributed by atoms with Crippen molar-refractivity contribution in [1.29, 1.82) is 0 Å². The number of aromatic amines is 1. The quantitative estimate of drug-likeness (QED) is 0.579. The Morgan fingerprint density at radius 1 is 1.19 bits per heavy atom. The van der Waals surface area contributed by atoms with Crippen molar-refractivity contribution in [3.63, 3.8) is 0 Å². The van der Waals surface area contributed by atoms with E-state index in [1.54, 1.807) is 4.90 Å². The molecule has 0 unspecified atom stereocenters. The lowest BCUT2D eigenvalue weighted by atomic mass is 9.98. The van der Waals surface area contributed by atoms with Gasteiger partial charge < -0.3 is 19.7 Å². The molecule has 32 heavy (non-hydrogen) atoms. The minimum Gasteiger partial charge on any atom is -0.507 e. The molecule has 174 valence electrons. The van der Waals surface area contributed by atoms with Crippen LogP contribution in [0.25, 0.3) is 11.1 Å². The SMILES string of the molecule is CC(C)(C)OC(=O)N1CC=CCC1.Cc1cc(C(F)(F)F)cc(O)c1-c1ccc[nH]c1=O. The standard InChI is InChI=1S/C13H10F3NO2.C10H17NO2/c1-7-5-8(13(14,15)16)6-10(18)11(7)9-3-2-4-17-12(9)19;1-10(2,3)13-9(12)11-7-5-4-6-8-11/h2-6,18H,1H3,(H,17,19);4-5H,6-8H2,1-3H3. The van der Waals surface area contributed by atoms with E-state index in [0.717, 1.165) is 19.0 Å². The topological polar surface area (TPSA) is 82.6 Å². The molecule has 3 rings (SSSR count). The van der Waals surface area contributed by atoms with E-state index in [4.69, 9.17) is 4.74 Å². The number of alkyl halides is 3. The number of nitrogens with zero attached hydrogens (tertiary/aromatic N) is 1. The van der Waals surface area contributed by atoms with Crippen molar-refractivity contribution in [2.24, 2.45) is 0 Å². The van der Waals surface area contributed by atoms with Crippen molar-refractivity contribution in [1.82, 2.24) is 9.88 Å². The molecule has 2 heterocycles. The summed E-state index contributed by atoms with van der Waals surface area (Å²) in [6, 6.07) is 4.50. The van der Waals surface area contributed by atoms with Crippen molar-refractivity contribution in [3.05, 3.63) is 64.1 Å². The highest BCUT2D eigenvalue weighted by molar-refractivity contribution is 5.73. The first-order valence-electron chi connectivity index (χ1n) is 10.0. The number of halogens is 3. The molecule has 6 nitrogen and oxygen atoms in total. The minimum atomic E-state index is -4.54. The van der Waals surface area contributed by atoms with Crippen LogP contribution in [0.3, 0.4) is 0 Å². The molecule has 1 aliphatic heterocycles. The van der Waals surface area contributed by atoms with Gasteiger partial charge in [-0.3, -0.25) is 4.79 Å². The third-order valence-electron chi connectivity index (χ3n) is 4.44. The van der Waals surface area contributed by atoms with Crippen LogP contribution in [0.1, 0.15) is 38.3 Å². The molecule has 0 spiro atoms. The van der Waals surface area contributed by atoms with E-state index in [1.165, 1.54) is 25.3 Å². The van der Waals surface area contributed by atoms with Crippen LogP contribution in [0.2, 0.25) is 0 Å². The highest BCUT2D eigenvalue weighted by Crippen LogP contribution is 2.37. The van der Waals surface area contributed by atoms with Crippen LogP contribution < -0.4 is 5.56 Å². The average Bonchev–Trinajstić information content (AvgIpc) is 2.68. The Balaban J connectivity index is 0.000000244. The molecule has 0 bridgehead atoms. The Morgan fingerprint density at radius 3 is 2.38 bits per heavy atom. The van der Waals surface area contributed by atoms with Crippen molar-refractivity contribution in [2.45, 2.75) is 45.9 Å². The highest BCUT2D eigenvalue weighted by atomic mass is 19.4. The Labute approximate surface area is 184 Å². The lowest BCUT2D eigenvalue weighted by molar-refractivity contribution is -0.137. The molecule has 1 aromatic carbocycles. The molecule has 0 radical (unpaired) electrons. The average molecular weight is 452 g/mol. The summed E-state index contributed by atoms with van der Waals surface area (Å²) in [6.45, 7) is 8.50. The minimum absolute atomic E-state index is 0.106. The monoisotopic (exact) mass is 452 g/mol. The molecule has 1 aliphatic rings. The first-order chi connectivity index (χ1) is 14.8. The summed E-state index contributed by atoms with van der Waals surface area (Å²) in [6.07, 6.45) is 1.66. The van der Waals surface area contributed by atoms with E-state index in [2.05, 4.69) is 11.1 Å². The smallest absolute Gasteiger partial charge is 0.416 e. The molecule has 0 saturated heterocycles. The number of ether oxygens (including phenoxy) is 1. The van der Waals surface area contributed by atoms with Gasteiger partial charge in [0.05, 0.1) is 11.1 Å². The summed E-state index contributed by atoms with van der Waals surface area (Å²) in [7, 11) is 0. The van der Waals surface area contributed by atoms with Gasteiger partial charge in [-0.05, 0) is 63.9 Å². The van der Waals surface area contributed by atoms with Crippen LogP contribution in [-0.2, 0) is 10.9 Å². The number of pyridine rings is 1. The van der Waals surface area contributed by atoms with Gasteiger partial charge in [-0.15, -0.1) is 0 Å². The lowest BCUT2D eigenvalue weighted by Crippen LogP contribution is -2.38. The number of carbonyl (C=O) groups excluding carboxylic acids is 1. The van der Waals surface area contributed by atoms with Crippen molar-refractivity contribution in [2.75, 3.05) is 13.1 Å². The molecular formula is C23H27F3N2O4. The second kappa shape index (κ2) is 9.93. The van der Waals surface area contributed by atoms with Crippen LogP contribution in [0.15, 0.2) is 47.4 Å². The molecule has 2 N–H and O–H groups in total. The molecule has 0 saturated carbocycles. The van der Waals surface area contributed by atoms with Gasteiger partial charge in [-0.25, -0.2) is 4.79 Å². The Kier molecular flexibility index (Phi) is 7.77. The predicted molar refractivity (Wildman–Crippen MR) is 115 cm³/mol. The molecule has 0 atom stereocenters. The number of benzene rings is 1. The fraction of sp³-hybridized carbons (Fsp3) is 0.391. The van der Waals surface area contributed by atoms with Crippen molar-refractivity contribution >= 4 is 6.09 Å². The van der Waals surface area contributed by atoms with Crippen LogP contribution in [0, 0.1) is 6.92 Å². The molecule has 0 fully saturated rings. The number of aromatic nitrogens is 1. The number of carbonyl (C=O) groups is 1. The van der Waals surface area contributed by atoms with Gasteiger partial charge in [0.1, 0.15) is 11.4 Å². The maximum Gasteiger partial charge on any atom is 0.416 e. The van der Waals surface area contributed by atoms with E-state index in [1.807, 2.05) is 26.8 Å². The Morgan fingerprint density at radius 2 is 1.88 bits per heavy atom. The highest BCUT2D eigenvalue weighted by Gasteiger charge is 2.32. The van der Waals surface area contributed by atoms with Gasteiger partial charge in [0.15, 0.2) is 0 Å². The third-order valence-corrected chi connectivity index (χ3v) is 4.44. The summed E-state index contributed by atoms with van der Waals surface area (Å²) in [4.78, 5) is 27.2. The summed E-state index contributed by atoms with van der Waals surface area (Å²) in [5.41, 5.74) is -1.39. The van der Waals surface area contributed by atoms with E-state index >= 15 is 0 Å². The van der Waals surface area contributed by atoms with Gasteiger partial charge in [0, 0.05) is 24.8 Å². The lowest BCUT2D eigenvalue weighted by Gasteiger charge is -2.27. The molecular weight excluding hydrogens is 425 g/mol. The van der Waals surface area contributed by atoms with E-state index in [9.17, 15) is 27.9 Å². The second-order valence-corrected chi connectivity index (χ2v) is 8.28. The fourth-order valence-electron chi connectivity index (χ4n) is 3.03. The third kappa shape index (κ3) is 6.90. The maximum atomic E-state index is 12.6. The number of rotatable bonds is 1. The first-order valence-corrected chi connectivity index (χ1v) is 10.0. The van der Waals surface area contributed by atoms with Gasteiger partial charge in [-0.1, -0.05) is 12.2 Å². The maximum absolute atomic E-state index is 12.6. The van der Waals surface area contributed by atoms with Gasteiger partial charge in [0.25, 0.3) is 5.56 Å². The Hall–Kier alpha value is -3.23. The van der Waals surface area contributed by atoms with E-state index in [0.29, 0.717) is 12.6 Å². The summed E-state index contributed by atoms with van der Waals surface area (Å²) >= 11 is 0. The number of phenols is 1. The van der Waals surface area contributed by atoms with Gasteiger partial charge in [-0.2, -0.15) is 13.2 Å². The second-order valence-electron chi connectivity index (χ2n) is 8.28. The zero-order valence-corrected chi connectivity index (χ0v) is 18.4. The zero-order chi connectivity index (χ0) is 24.1. The molecule has 1 amide bonds. The largest absolute Gasteiger partial charge is 0.507 e. The number of hydrogen-bond donors (Lipinski definition) is 2. The number of phenolic OH excluding ortho intramolecular Hbond substituents is 1. The predicted octanol–water partition coefficient (Wildman–Crippen LogP) is 5.26. The Bertz CT molecular complexity index is 1010. The van der Waals surface area contributed by atoms with Crippen molar-refractivity contribution < 1.29 is 27.8 Å². The molecule has 1 aromatic heterocycles. The van der Waals surface area contributed by atoms with E-state index in [-0.39, 0.29) is 22.8 Å². The zero-order valence-electron chi connectivity index (χ0n) is 18.4. The van der Waals surface area contributed by atoms with Crippen LogP contribution in [0.5, 0.6) is 5.75 Å². The summed E-state index contributed by atoms with van der Waals surface area (Å²) < 4.78 is 43.0. The molecule has 0 aliphatic carbocycles. The number of H-pyrrole nitrogens is 1.